The minimum absolute atomic E-state index is 0. The molecule has 2 aliphatic heterocycles. The van der Waals surface area contributed by atoms with Crippen LogP contribution >= 0.6 is 12.4 Å². The normalized spacial score (nSPS) is 25.0. The highest BCUT2D eigenvalue weighted by molar-refractivity contribution is 7.89. The van der Waals surface area contributed by atoms with Crippen LogP contribution in [0.25, 0.3) is 0 Å². The summed E-state index contributed by atoms with van der Waals surface area (Å²) in [5, 5.41) is 3.37. The Kier molecular flexibility index (Phi) is 5.68. The number of rotatable bonds is 3. The zero-order valence-corrected chi connectivity index (χ0v) is 14.3. The van der Waals surface area contributed by atoms with E-state index in [1.807, 2.05) is 0 Å². The summed E-state index contributed by atoms with van der Waals surface area (Å²) in [6, 6.07) is 4.95. The largest absolute Gasteiger partial charge is 0.573 e. The molecule has 2 unspecified atom stereocenters. The smallest absolute Gasteiger partial charge is 0.406 e. The first kappa shape index (κ1) is 19.3. The number of ether oxygens (including phenoxy) is 1. The van der Waals surface area contributed by atoms with E-state index in [0.717, 1.165) is 25.0 Å². The van der Waals surface area contributed by atoms with Gasteiger partial charge in [-0.25, -0.2) is 8.42 Å². The van der Waals surface area contributed by atoms with Crippen LogP contribution in [0.15, 0.2) is 29.2 Å². The third kappa shape index (κ3) is 4.33. The number of alkyl halides is 3. The fraction of sp³-hybridized carbons (Fsp3) is 0.571. The van der Waals surface area contributed by atoms with Gasteiger partial charge in [0.25, 0.3) is 0 Å². The van der Waals surface area contributed by atoms with Crippen molar-refractivity contribution in [2.24, 2.45) is 0 Å². The van der Waals surface area contributed by atoms with Crippen LogP contribution in [0.4, 0.5) is 13.2 Å². The van der Waals surface area contributed by atoms with Gasteiger partial charge in [-0.3, -0.25) is 0 Å². The average molecular weight is 387 g/mol. The van der Waals surface area contributed by atoms with Crippen LogP contribution in [0, 0.1) is 0 Å². The van der Waals surface area contributed by atoms with Gasteiger partial charge in [-0.2, -0.15) is 4.31 Å². The molecule has 1 aromatic carbocycles. The molecule has 1 N–H and O–H groups in total. The number of nitrogens with zero attached hydrogens (tertiary/aromatic N) is 1. The lowest BCUT2D eigenvalue weighted by molar-refractivity contribution is -0.274. The van der Waals surface area contributed by atoms with Crippen LogP contribution in [0.2, 0.25) is 0 Å². The maximum Gasteiger partial charge on any atom is 0.573 e. The molecule has 136 valence electrons. The first-order chi connectivity index (χ1) is 10.7. The first-order valence-corrected chi connectivity index (χ1v) is 8.80. The Morgan fingerprint density at radius 2 is 1.88 bits per heavy atom. The lowest BCUT2D eigenvalue weighted by Crippen LogP contribution is -2.39. The number of sulfonamides is 1. The second-order valence-corrected chi connectivity index (χ2v) is 7.75. The van der Waals surface area contributed by atoms with E-state index in [4.69, 9.17) is 0 Å². The third-order valence-corrected chi connectivity index (χ3v) is 6.02. The van der Waals surface area contributed by atoms with Crippen molar-refractivity contribution in [1.82, 2.24) is 9.62 Å². The highest BCUT2D eigenvalue weighted by Gasteiger charge is 2.36. The molecule has 0 amide bonds. The van der Waals surface area contributed by atoms with Gasteiger partial charge in [0.15, 0.2) is 0 Å². The van der Waals surface area contributed by atoms with Gasteiger partial charge in [-0.1, -0.05) is 6.07 Å². The molecule has 24 heavy (non-hydrogen) atoms. The first-order valence-electron chi connectivity index (χ1n) is 7.36. The van der Waals surface area contributed by atoms with Crippen molar-refractivity contribution in [2.45, 2.75) is 42.6 Å². The average Bonchev–Trinajstić information content (AvgIpc) is 2.76. The van der Waals surface area contributed by atoms with Crippen molar-refractivity contribution in [2.75, 3.05) is 13.1 Å². The van der Waals surface area contributed by atoms with Gasteiger partial charge < -0.3 is 10.1 Å². The summed E-state index contributed by atoms with van der Waals surface area (Å²) in [6.07, 6.45) is -2.20. The van der Waals surface area contributed by atoms with Crippen LogP contribution in [0.1, 0.15) is 19.3 Å². The van der Waals surface area contributed by atoms with Crippen LogP contribution in [-0.4, -0.2) is 44.3 Å². The van der Waals surface area contributed by atoms with Gasteiger partial charge >= 0.3 is 6.36 Å². The van der Waals surface area contributed by atoms with E-state index in [1.165, 1.54) is 16.4 Å². The molecule has 2 atom stereocenters. The lowest BCUT2D eigenvalue weighted by Gasteiger charge is -2.24. The van der Waals surface area contributed by atoms with E-state index in [0.29, 0.717) is 25.6 Å². The number of fused-ring (bicyclic) bond motifs is 2. The summed E-state index contributed by atoms with van der Waals surface area (Å²) in [7, 11) is -3.84. The molecule has 1 aromatic rings. The Hall–Kier alpha value is -1.03. The van der Waals surface area contributed by atoms with Gasteiger partial charge in [0, 0.05) is 31.2 Å². The van der Waals surface area contributed by atoms with E-state index < -0.39 is 22.1 Å². The second-order valence-electron chi connectivity index (χ2n) is 5.81. The minimum atomic E-state index is -4.85. The fourth-order valence-electron chi connectivity index (χ4n) is 3.11. The predicted molar refractivity (Wildman–Crippen MR) is 83.7 cm³/mol. The van der Waals surface area contributed by atoms with Crippen LogP contribution in [0.3, 0.4) is 0 Å². The summed E-state index contributed by atoms with van der Waals surface area (Å²) in [4.78, 5) is -0.183. The minimum Gasteiger partial charge on any atom is -0.406 e. The van der Waals surface area contributed by atoms with Crippen molar-refractivity contribution in [1.29, 1.82) is 0 Å². The number of hydrogen-bond donors (Lipinski definition) is 1. The zero-order valence-electron chi connectivity index (χ0n) is 12.6. The third-order valence-electron chi connectivity index (χ3n) is 4.16. The molecule has 5 nitrogen and oxygen atoms in total. The van der Waals surface area contributed by atoms with Crippen molar-refractivity contribution in [3.63, 3.8) is 0 Å². The Morgan fingerprint density at radius 1 is 1.17 bits per heavy atom. The Morgan fingerprint density at radius 3 is 2.58 bits per heavy atom. The van der Waals surface area contributed by atoms with Gasteiger partial charge in [-0.05, 0) is 31.4 Å². The van der Waals surface area contributed by atoms with E-state index >= 15 is 0 Å². The maximum atomic E-state index is 12.7. The monoisotopic (exact) mass is 386 g/mol. The molecule has 2 fully saturated rings. The van der Waals surface area contributed by atoms with E-state index in [-0.39, 0.29) is 23.3 Å². The van der Waals surface area contributed by atoms with E-state index in [1.54, 1.807) is 0 Å². The summed E-state index contributed by atoms with van der Waals surface area (Å²) in [6.45, 7) is 0.698. The highest BCUT2D eigenvalue weighted by Crippen LogP contribution is 2.28. The summed E-state index contributed by atoms with van der Waals surface area (Å²) in [5.41, 5.74) is 0. The molecular formula is C14H18ClF3N2O3S. The Balaban J connectivity index is 0.00000208. The highest BCUT2D eigenvalue weighted by atomic mass is 35.5. The topological polar surface area (TPSA) is 58.6 Å². The molecule has 0 aliphatic carbocycles. The molecule has 2 bridgehead atoms. The number of nitrogens with one attached hydrogen (secondary N) is 1. The van der Waals surface area contributed by atoms with Gasteiger partial charge in [0.05, 0.1) is 4.90 Å². The molecule has 0 saturated carbocycles. The Labute approximate surface area is 144 Å². The number of halogens is 4. The van der Waals surface area contributed by atoms with E-state index in [2.05, 4.69) is 10.1 Å². The van der Waals surface area contributed by atoms with Crippen molar-refractivity contribution < 1.29 is 26.3 Å². The molecular weight excluding hydrogens is 369 g/mol. The second kappa shape index (κ2) is 7.07. The molecule has 3 rings (SSSR count). The number of hydrogen-bond acceptors (Lipinski definition) is 4. The lowest BCUT2D eigenvalue weighted by atomic mass is 10.1. The van der Waals surface area contributed by atoms with E-state index in [9.17, 15) is 21.6 Å². The van der Waals surface area contributed by atoms with Crippen molar-refractivity contribution >= 4 is 22.4 Å². The molecule has 10 heteroatoms. The fourth-order valence-corrected chi connectivity index (χ4v) is 4.65. The van der Waals surface area contributed by atoms with Gasteiger partial charge in [0.1, 0.15) is 5.75 Å². The van der Waals surface area contributed by atoms with Crippen LogP contribution in [0.5, 0.6) is 5.75 Å². The summed E-state index contributed by atoms with van der Waals surface area (Å²) in [5.74, 6) is -0.534. The number of benzene rings is 1. The molecule has 2 aliphatic rings. The zero-order chi connectivity index (χ0) is 16.7. The van der Waals surface area contributed by atoms with Crippen LogP contribution < -0.4 is 10.1 Å². The molecule has 0 aromatic heterocycles. The van der Waals surface area contributed by atoms with Gasteiger partial charge in [-0.15, -0.1) is 25.6 Å². The van der Waals surface area contributed by atoms with Crippen LogP contribution in [-0.2, 0) is 10.0 Å². The molecule has 2 heterocycles. The predicted octanol–water partition coefficient (Wildman–Crippen LogP) is 2.52. The Bertz CT molecular complexity index is 684. The molecule has 2 saturated heterocycles. The van der Waals surface area contributed by atoms with Crippen molar-refractivity contribution in [3.05, 3.63) is 24.3 Å². The molecule has 0 radical (unpaired) electrons. The standard InChI is InChI=1S/C14H17F3N2O3S.ClH/c15-14(16,17)22-12-2-1-3-13(8-12)23(20,21)19-7-6-10-4-5-11(9-19)18-10;/h1-3,8,10-11,18H,4-7,9H2;1H. The SMILES string of the molecule is Cl.O=S(=O)(c1cccc(OC(F)(F)F)c1)N1CCC2CCC(C1)N2. The summed E-state index contributed by atoms with van der Waals surface area (Å²) >= 11 is 0. The summed E-state index contributed by atoms with van der Waals surface area (Å²) < 4.78 is 67.4. The maximum absolute atomic E-state index is 12.7. The van der Waals surface area contributed by atoms with Gasteiger partial charge in [0.2, 0.25) is 10.0 Å². The molecule has 0 spiro atoms. The quantitative estimate of drug-likeness (QED) is 0.867. The van der Waals surface area contributed by atoms with Crippen molar-refractivity contribution in [3.8, 4) is 5.75 Å².